The van der Waals surface area contributed by atoms with Gasteiger partial charge in [-0.1, -0.05) is 12.1 Å². The molecule has 0 atom stereocenters. The molecule has 0 aliphatic carbocycles. The molecular formula is C14H17N3. The number of anilines is 1. The summed E-state index contributed by atoms with van der Waals surface area (Å²) < 4.78 is 0. The molecule has 0 aliphatic rings. The van der Waals surface area contributed by atoms with E-state index in [0.717, 1.165) is 23.8 Å². The molecule has 0 spiro atoms. The van der Waals surface area contributed by atoms with Crippen molar-refractivity contribution in [1.29, 1.82) is 0 Å². The number of aryl methyl sites for hydroxylation is 2. The number of nitrogens with one attached hydrogen (secondary N) is 1. The molecule has 1 heterocycles. The lowest BCUT2D eigenvalue weighted by atomic mass is 10.1. The first kappa shape index (κ1) is 11.6. The second kappa shape index (κ2) is 4.95. The van der Waals surface area contributed by atoms with Gasteiger partial charge in [0.05, 0.1) is 0 Å². The average molecular weight is 227 g/mol. The maximum Gasteiger partial charge on any atom is 0.161 e. The van der Waals surface area contributed by atoms with Crippen LogP contribution in [0.4, 0.5) is 5.82 Å². The highest BCUT2D eigenvalue weighted by molar-refractivity contribution is 5.58. The molecule has 0 radical (unpaired) electrons. The largest absolute Gasteiger partial charge is 0.370 e. The molecular weight excluding hydrogens is 210 g/mol. The van der Waals surface area contributed by atoms with Gasteiger partial charge in [-0.25, -0.2) is 9.97 Å². The van der Waals surface area contributed by atoms with E-state index in [2.05, 4.69) is 54.3 Å². The van der Waals surface area contributed by atoms with E-state index in [1.807, 2.05) is 6.07 Å². The quantitative estimate of drug-likeness (QED) is 0.875. The molecule has 3 nitrogen and oxygen atoms in total. The number of benzene rings is 1. The van der Waals surface area contributed by atoms with E-state index in [-0.39, 0.29) is 0 Å². The SMILES string of the molecule is CCNc1ccnc(-c2ccc(C)c(C)c2)n1. The third-order valence-corrected chi connectivity index (χ3v) is 2.78. The Morgan fingerprint density at radius 2 is 1.94 bits per heavy atom. The van der Waals surface area contributed by atoms with E-state index < -0.39 is 0 Å². The van der Waals surface area contributed by atoms with Gasteiger partial charge in [0.1, 0.15) is 5.82 Å². The number of hydrogen-bond acceptors (Lipinski definition) is 3. The van der Waals surface area contributed by atoms with Crippen molar-refractivity contribution < 1.29 is 0 Å². The van der Waals surface area contributed by atoms with Gasteiger partial charge in [0, 0.05) is 18.3 Å². The zero-order chi connectivity index (χ0) is 12.3. The minimum atomic E-state index is 0.770. The van der Waals surface area contributed by atoms with Crippen LogP contribution in [-0.2, 0) is 0 Å². The lowest BCUT2D eigenvalue weighted by molar-refractivity contribution is 1.11. The fourth-order valence-electron chi connectivity index (χ4n) is 1.66. The Kier molecular flexibility index (Phi) is 3.38. The van der Waals surface area contributed by atoms with Gasteiger partial charge < -0.3 is 5.32 Å². The minimum Gasteiger partial charge on any atom is -0.370 e. The van der Waals surface area contributed by atoms with Crippen molar-refractivity contribution in [3.63, 3.8) is 0 Å². The number of hydrogen-bond donors (Lipinski definition) is 1. The lowest BCUT2D eigenvalue weighted by Crippen LogP contribution is -2.00. The fraction of sp³-hybridized carbons (Fsp3) is 0.286. The number of rotatable bonds is 3. The molecule has 3 heteroatoms. The van der Waals surface area contributed by atoms with Crippen LogP contribution in [0.5, 0.6) is 0 Å². The van der Waals surface area contributed by atoms with Gasteiger partial charge in [-0.2, -0.15) is 0 Å². The lowest BCUT2D eigenvalue weighted by Gasteiger charge is -2.06. The second-order valence-electron chi connectivity index (χ2n) is 4.09. The highest BCUT2D eigenvalue weighted by Crippen LogP contribution is 2.19. The molecule has 0 saturated heterocycles. The Labute approximate surface area is 102 Å². The van der Waals surface area contributed by atoms with E-state index in [1.54, 1.807) is 6.20 Å². The smallest absolute Gasteiger partial charge is 0.161 e. The maximum absolute atomic E-state index is 4.48. The minimum absolute atomic E-state index is 0.770. The third-order valence-electron chi connectivity index (χ3n) is 2.78. The molecule has 2 aromatic rings. The highest BCUT2D eigenvalue weighted by Gasteiger charge is 2.03. The first-order valence-corrected chi connectivity index (χ1v) is 5.85. The van der Waals surface area contributed by atoms with E-state index in [0.29, 0.717) is 0 Å². The molecule has 1 N–H and O–H groups in total. The summed E-state index contributed by atoms with van der Waals surface area (Å²) in [5.41, 5.74) is 3.62. The summed E-state index contributed by atoms with van der Waals surface area (Å²) in [6, 6.07) is 8.18. The van der Waals surface area contributed by atoms with Gasteiger partial charge >= 0.3 is 0 Å². The molecule has 0 aliphatic heterocycles. The van der Waals surface area contributed by atoms with Gasteiger partial charge in [-0.05, 0) is 44.0 Å². The number of nitrogens with zero attached hydrogens (tertiary/aromatic N) is 2. The highest BCUT2D eigenvalue weighted by atomic mass is 15.0. The maximum atomic E-state index is 4.48. The van der Waals surface area contributed by atoms with Crippen LogP contribution in [0.1, 0.15) is 18.1 Å². The fourth-order valence-corrected chi connectivity index (χ4v) is 1.66. The zero-order valence-electron chi connectivity index (χ0n) is 10.5. The van der Waals surface area contributed by atoms with Crippen molar-refractivity contribution >= 4 is 5.82 Å². The average Bonchev–Trinajstić information content (AvgIpc) is 2.33. The Bertz CT molecular complexity index is 521. The first-order chi connectivity index (χ1) is 8.20. The molecule has 0 bridgehead atoms. The summed E-state index contributed by atoms with van der Waals surface area (Å²) in [7, 11) is 0. The van der Waals surface area contributed by atoms with Crippen molar-refractivity contribution in [2.45, 2.75) is 20.8 Å². The first-order valence-electron chi connectivity index (χ1n) is 5.85. The van der Waals surface area contributed by atoms with Crippen LogP contribution < -0.4 is 5.32 Å². The Morgan fingerprint density at radius 1 is 1.12 bits per heavy atom. The normalized spacial score (nSPS) is 10.3. The summed E-state index contributed by atoms with van der Waals surface area (Å²) in [5, 5.41) is 3.19. The molecule has 0 unspecified atom stereocenters. The molecule has 0 fully saturated rings. The van der Waals surface area contributed by atoms with Crippen molar-refractivity contribution in [1.82, 2.24) is 9.97 Å². The topological polar surface area (TPSA) is 37.8 Å². The van der Waals surface area contributed by atoms with E-state index in [4.69, 9.17) is 0 Å². The van der Waals surface area contributed by atoms with Crippen LogP contribution in [0.25, 0.3) is 11.4 Å². The molecule has 0 saturated carbocycles. The number of aromatic nitrogens is 2. The van der Waals surface area contributed by atoms with Crippen molar-refractivity contribution in [3.05, 3.63) is 41.6 Å². The molecule has 1 aromatic carbocycles. The third kappa shape index (κ3) is 2.61. The molecule has 17 heavy (non-hydrogen) atoms. The molecule has 1 aromatic heterocycles. The zero-order valence-corrected chi connectivity index (χ0v) is 10.5. The summed E-state index contributed by atoms with van der Waals surface area (Å²) >= 11 is 0. The van der Waals surface area contributed by atoms with E-state index >= 15 is 0 Å². The molecule has 0 amide bonds. The molecule has 88 valence electrons. The van der Waals surface area contributed by atoms with Crippen molar-refractivity contribution in [2.75, 3.05) is 11.9 Å². The summed E-state index contributed by atoms with van der Waals surface area (Å²) in [5.74, 6) is 1.64. The van der Waals surface area contributed by atoms with Gasteiger partial charge in [0.15, 0.2) is 5.82 Å². The Morgan fingerprint density at radius 3 is 2.65 bits per heavy atom. The van der Waals surface area contributed by atoms with Gasteiger partial charge in [-0.3, -0.25) is 0 Å². The molecule has 2 rings (SSSR count). The summed E-state index contributed by atoms with van der Waals surface area (Å²) in [4.78, 5) is 8.79. The predicted molar refractivity (Wildman–Crippen MR) is 71.1 cm³/mol. The van der Waals surface area contributed by atoms with Crippen molar-refractivity contribution in [2.24, 2.45) is 0 Å². The van der Waals surface area contributed by atoms with E-state index in [1.165, 1.54) is 11.1 Å². The van der Waals surface area contributed by atoms with Crippen LogP contribution >= 0.6 is 0 Å². The Hall–Kier alpha value is -1.90. The van der Waals surface area contributed by atoms with Crippen LogP contribution in [0.3, 0.4) is 0 Å². The van der Waals surface area contributed by atoms with Crippen molar-refractivity contribution in [3.8, 4) is 11.4 Å². The van der Waals surface area contributed by atoms with Crippen LogP contribution in [0.2, 0.25) is 0 Å². The van der Waals surface area contributed by atoms with Crippen LogP contribution in [-0.4, -0.2) is 16.5 Å². The standard InChI is InChI=1S/C14H17N3/c1-4-15-13-7-8-16-14(17-13)12-6-5-10(2)11(3)9-12/h5-9H,4H2,1-3H3,(H,15,16,17). The Balaban J connectivity index is 2.38. The van der Waals surface area contributed by atoms with Crippen LogP contribution in [0.15, 0.2) is 30.5 Å². The van der Waals surface area contributed by atoms with Gasteiger partial charge in [-0.15, -0.1) is 0 Å². The summed E-state index contributed by atoms with van der Waals surface area (Å²) in [6.45, 7) is 7.13. The second-order valence-corrected chi connectivity index (χ2v) is 4.09. The summed E-state index contributed by atoms with van der Waals surface area (Å²) in [6.07, 6.45) is 1.79. The predicted octanol–water partition coefficient (Wildman–Crippen LogP) is 3.19. The van der Waals surface area contributed by atoms with E-state index in [9.17, 15) is 0 Å². The van der Waals surface area contributed by atoms with Crippen LogP contribution in [0, 0.1) is 13.8 Å². The van der Waals surface area contributed by atoms with Gasteiger partial charge in [0.25, 0.3) is 0 Å². The van der Waals surface area contributed by atoms with Gasteiger partial charge in [0.2, 0.25) is 0 Å². The monoisotopic (exact) mass is 227 g/mol.